The van der Waals surface area contributed by atoms with E-state index in [9.17, 15) is 15.3 Å². The Kier molecular flexibility index (Phi) is 3.16. The molecule has 3 nitrogen and oxygen atoms in total. The molecule has 1 aliphatic rings. The van der Waals surface area contributed by atoms with Gasteiger partial charge in [0, 0.05) is 0 Å². The molecular weight excluding hydrogens is 228 g/mol. The number of aliphatic hydroxyl groups excluding tert-OH is 1. The summed E-state index contributed by atoms with van der Waals surface area (Å²) in [5.41, 5.74) is 1.23. The highest BCUT2D eigenvalue weighted by molar-refractivity contribution is 5.47. The zero-order valence-electron chi connectivity index (χ0n) is 11.4. The summed E-state index contributed by atoms with van der Waals surface area (Å²) in [6.07, 6.45) is -0.235. The lowest BCUT2D eigenvalue weighted by atomic mass is 9.69. The van der Waals surface area contributed by atoms with Crippen LogP contribution in [0.3, 0.4) is 0 Å². The molecule has 0 saturated carbocycles. The number of hydrogen-bond donors (Lipinski definition) is 3. The van der Waals surface area contributed by atoms with Gasteiger partial charge in [-0.15, -0.1) is 0 Å². The van der Waals surface area contributed by atoms with E-state index in [1.165, 1.54) is 0 Å². The Hall–Kier alpha value is -1.06. The van der Waals surface area contributed by atoms with Crippen LogP contribution in [0.15, 0.2) is 12.1 Å². The van der Waals surface area contributed by atoms with Gasteiger partial charge in [-0.2, -0.15) is 0 Å². The first-order valence-corrected chi connectivity index (χ1v) is 6.49. The fraction of sp³-hybridized carbons (Fsp3) is 0.600. The predicted molar refractivity (Wildman–Crippen MR) is 70.6 cm³/mol. The molecular formula is C15H22O3. The minimum atomic E-state index is -1.29. The molecule has 2 rings (SSSR count). The fourth-order valence-corrected chi connectivity index (χ4v) is 2.87. The number of benzene rings is 1. The van der Waals surface area contributed by atoms with Gasteiger partial charge in [-0.3, -0.25) is 0 Å². The Morgan fingerprint density at radius 2 is 1.94 bits per heavy atom. The Labute approximate surface area is 108 Å². The molecule has 0 spiro atoms. The topological polar surface area (TPSA) is 60.7 Å². The van der Waals surface area contributed by atoms with E-state index in [0.29, 0.717) is 17.9 Å². The first kappa shape index (κ1) is 13.4. The highest BCUT2D eigenvalue weighted by Gasteiger charge is 2.42. The summed E-state index contributed by atoms with van der Waals surface area (Å²) < 4.78 is 0. The molecule has 0 aliphatic heterocycles. The minimum absolute atomic E-state index is 0.172. The van der Waals surface area contributed by atoms with Crippen LogP contribution in [-0.4, -0.2) is 21.4 Å². The number of aryl methyl sites for hydroxylation is 1. The average Bonchev–Trinajstić information content (AvgIpc) is 2.26. The smallest absolute Gasteiger partial charge is 0.118 e. The molecule has 0 fully saturated rings. The number of hydrogen-bond acceptors (Lipinski definition) is 3. The van der Waals surface area contributed by atoms with Gasteiger partial charge in [0.25, 0.3) is 0 Å². The monoisotopic (exact) mass is 250 g/mol. The molecule has 1 aliphatic carbocycles. The average molecular weight is 250 g/mol. The third kappa shape index (κ3) is 1.91. The van der Waals surface area contributed by atoms with Crippen molar-refractivity contribution in [1.82, 2.24) is 0 Å². The molecule has 0 saturated heterocycles. The molecule has 0 heterocycles. The van der Waals surface area contributed by atoms with Crippen LogP contribution in [0, 0.1) is 12.8 Å². The molecule has 0 amide bonds. The van der Waals surface area contributed by atoms with Crippen molar-refractivity contribution in [3.8, 4) is 5.75 Å². The van der Waals surface area contributed by atoms with E-state index in [2.05, 4.69) is 13.8 Å². The minimum Gasteiger partial charge on any atom is -0.508 e. The molecule has 18 heavy (non-hydrogen) atoms. The quantitative estimate of drug-likeness (QED) is 0.717. The van der Waals surface area contributed by atoms with Crippen LogP contribution in [0.4, 0.5) is 0 Å². The zero-order chi connectivity index (χ0) is 13.7. The Balaban J connectivity index is 2.65. The zero-order valence-corrected chi connectivity index (χ0v) is 11.4. The third-order valence-corrected chi connectivity index (χ3v) is 4.24. The molecule has 3 heteroatoms. The van der Waals surface area contributed by atoms with E-state index in [0.717, 1.165) is 11.1 Å². The second-order valence-corrected chi connectivity index (χ2v) is 5.98. The lowest BCUT2D eigenvalue weighted by Crippen LogP contribution is -2.43. The van der Waals surface area contributed by atoms with Gasteiger partial charge in [0.15, 0.2) is 0 Å². The van der Waals surface area contributed by atoms with Crippen LogP contribution in [0.5, 0.6) is 5.75 Å². The van der Waals surface area contributed by atoms with Gasteiger partial charge in [-0.05, 0) is 54.9 Å². The lowest BCUT2D eigenvalue weighted by molar-refractivity contribution is -0.0834. The maximum absolute atomic E-state index is 10.4. The van der Waals surface area contributed by atoms with Crippen LogP contribution < -0.4 is 0 Å². The summed E-state index contributed by atoms with van der Waals surface area (Å²) >= 11 is 0. The number of rotatable bonds is 1. The van der Waals surface area contributed by atoms with Crippen molar-refractivity contribution in [3.63, 3.8) is 0 Å². The van der Waals surface area contributed by atoms with Gasteiger partial charge in [0.2, 0.25) is 0 Å². The Morgan fingerprint density at radius 3 is 2.50 bits per heavy atom. The first-order valence-electron chi connectivity index (χ1n) is 6.49. The van der Waals surface area contributed by atoms with Crippen molar-refractivity contribution in [2.45, 2.75) is 51.7 Å². The lowest BCUT2D eigenvalue weighted by Gasteiger charge is -2.41. The molecule has 3 atom stereocenters. The molecule has 100 valence electrons. The number of aromatic hydroxyl groups is 1. The summed E-state index contributed by atoms with van der Waals surface area (Å²) in [6.45, 7) is 7.70. The first-order chi connectivity index (χ1) is 8.25. The van der Waals surface area contributed by atoms with Gasteiger partial charge in [-0.25, -0.2) is 0 Å². The number of fused-ring (bicyclic) bond motifs is 1. The standard InChI is InChI=1S/C15H22O3/c1-8(2)10-6-14(17)15(4,18)12-7-13(16)9(3)5-11(10)12/h5,7-8,10,14,16-18H,6H2,1-4H3/t10-,14-,15-/m1/s1. The molecule has 3 N–H and O–H groups in total. The van der Waals surface area contributed by atoms with Crippen LogP contribution in [-0.2, 0) is 5.60 Å². The van der Waals surface area contributed by atoms with Gasteiger partial charge >= 0.3 is 0 Å². The van der Waals surface area contributed by atoms with E-state index in [4.69, 9.17) is 0 Å². The largest absolute Gasteiger partial charge is 0.508 e. The molecule has 1 aromatic rings. The Bertz CT molecular complexity index is 463. The van der Waals surface area contributed by atoms with E-state index in [-0.39, 0.29) is 11.7 Å². The molecule has 0 aromatic heterocycles. The summed E-state index contributed by atoms with van der Waals surface area (Å²) in [5.74, 6) is 0.776. The van der Waals surface area contributed by atoms with Gasteiger partial charge in [0.05, 0.1) is 6.10 Å². The highest BCUT2D eigenvalue weighted by atomic mass is 16.3. The van der Waals surface area contributed by atoms with Crippen LogP contribution in [0.25, 0.3) is 0 Å². The van der Waals surface area contributed by atoms with E-state index >= 15 is 0 Å². The van der Waals surface area contributed by atoms with Gasteiger partial charge < -0.3 is 15.3 Å². The van der Waals surface area contributed by atoms with Crippen LogP contribution >= 0.6 is 0 Å². The van der Waals surface area contributed by atoms with Crippen molar-refractivity contribution in [2.75, 3.05) is 0 Å². The number of phenols is 1. The van der Waals surface area contributed by atoms with E-state index in [1.54, 1.807) is 13.0 Å². The summed E-state index contributed by atoms with van der Waals surface area (Å²) in [5, 5.41) is 30.4. The van der Waals surface area contributed by atoms with E-state index < -0.39 is 11.7 Å². The van der Waals surface area contributed by atoms with Gasteiger partial charge in [0.1, 0.15) is 11.4 Å². The molecule has 1 aromatic carbocycles. The van der Waals surface area contributed by atoms with Crippen molar-refractivity contribution < 1.29 is 15.3 Å². The molecule has 0 unspecified atom stereocenters. The SMILES string of the molecule is Cc1cc2c(cc1O)[C@@](C)(O)[C@H](O)C[C@@H]2C(C)C. The summed E-state index contributed by atoms with van der Waals surface area (Å²) in [7, 11) is 0. The van der Waals surface area contributed by atoms with Crippen molar-refractivity contribution >= 4 is 0 Å². The van der Waals surface area contributed by atoms with Crippen molar-refractivity contribution in [3.05, 3.63) is 28.8 Å². The van der Waals surface area contributed by atoms with E-state index in [1.807, 2.05) is 13.0 Å². The molecule has 0 radical (unpaired) electrons. The second-order valence-electron chi connectivity index (χ2n) is 5.98. The maximum Gasteiger partial charge on any atom is 0.118 e. The highest BCUT2D eigenvalue weighted by Crippen LogP contribution is 2.46. The predicted octanol–water partition coefficient (Wildman–Crippen LogP) is 2.41. The van der Waals surface area contributed by atoms with Crippen LogP contribution in [0.1, 0.15) is 49.8 Å². The fourth-order valence-electron chi connectivity index (χ4n) is 2.87. The van der Waals surface area contributed by atoms with Crippen molar-refractivity contribution in [2.24, 2.45) is 5.92 Å². The molecule has 0 bridgehead atoms. The number of phenolic OH excluding ortho intramolecular Hbond substituents is 1. The summed E-state index contributed by atoms with van der Waals surface area (Å²) in [6, 6.07) is 3.54. The van der Waals surface area contributed by atoms with Crippen LogP contribution in [0.2, 0.25) is 0 Å². The second kappa shape index (κ2) is 4.25. The van der Waals surface area contributed by atoms with Gasteiger partial charge in [-0.1, -0.05) is 19.9 Å². The third-order valence-electron chi connectivity index (χ3n) is 4.24. The Morgan fingerprint density at radius 1 is 1.33 bits per heavy atom. The summed E-state index contributed by atoms with van der Waals surface area (Å²) in [4.78, 5) is 0. The van der Waals surface area contributed by atoms with Crippen molar-refractivity contribution in [1.29, 1.82) is 0 Å². The maximum atomic E-state index is 10.4. The normalized spacial score (nSPS) is 31.5. The number of aliphatic hydroxyl groups is 2.